The van der Waals surface area contributed by atoms with Gasteiger partial charge in [0, 0.05) is 16.1 Å². The molecule has 98 valence electrons. The van der Waals surface area contributed by atoms with E-state index in [9.17, 15) is 15.2 Å². The SMILES string of the molecule is C=CC(C)Oc1c([C@@H](C)O)cc(Br)cc1[N+](=O)[O-]. The van der Waals surface area contributed by atoms with Crippen molar-refractivity contribution in [1.82, 2.24) is 0 Å². The van der Waals surface area contributed by atoms with Crippen molar-refractivity contribution in [3.8, 4) is 5.75 Å². The molecular formula is C12H14BrNO4. The summed E-state index contributed by atoms with van der Waals surface area (Å²) < 4.78 is 5.98. The maximum atomic E-state index is 11.0. The highest BCUT2D eigenvalue weighted by Crippen LogP contribution is 2.38. The summed E-state index contributed by atoms with van der Waals surface area (Å²) in [6, 6.07) is 2.94. The number of rotatable bonds is 5. The summed E-state index contributed by atoms with van der Waals surface area (Å²) in [6.45, 7) is 6.79. The maximum Gasteiger partial charge on any atom is 0.312 e. The Morgan fingerprint density at radius 1 is 1.56 bits per heavy atom. The highest BCUT2D eigenvalue weighted by Gasteiger charge is 2.24. The molecule has 5 nitrogen and oxygen atoms in total. The van der Waals surface area contributed by atoms with E-state index in [2.05, 4.69) is 22.5 Å². The second-order valence-electron chi connectivity index (χ2n) is 3.84. The Hall–Kier alpha value is -1.40. The van der Waals surface area contributed by atoms with Crippen molar-refractivity contribution in [2.75, 3.05) is 0 Å². The monoisotopic (exact) mass is 315 g/mol. The molecule has 0 heterocycles. The Kier molecular flexibility index (Phi) is 4.86. The molecule has 1 aromatic carbocycles. The molecule has 2 atom stereocenters. The highest BCUT2D eigenvalue weighted by molar-refractivity contribution is 9.10. The van der Waals surface area contributed by atoms with Crippen LogP contribution in [0.25, 0.3) is 0 Å². The van der Waals surface area contributed by atoms with E-state index in [1.807, 2.05) is 0 Å². The number of nitro groups is 1. The molecule has 0 aliphatic rings. The number of hydrogen-bond acceptors (Lipinski definition) is 4. The van der Waals surface area contributed by atoms with Crippen LogP contribution < -0.4 is 4.74 Å². The second kappa shape index (κ2) is 5.97. The molecule has 1 N–H and O–H groups in total. The number of hydrogen-bond donors (Lipinski definition) is 1. The van der Waals surface area contributed by atoms with E-state index in [0.29, 0.717) is 10.0 Å². The smallest absolute Gasteiger partial charge is 0.312 e. The predicted molar refractivity (Wildman–Crippen MR) is 71.7 cm³/mol. The molecule has 0 bridgehead atoms. The summed E-state index contributed by atoms with van der Waals surface area (Å²) >= 11 is 3.18. The number of aliphatic hydroxyl groups is 1. The molecule has 0 aliphatic heterocycles. The van der Waals surface area contributed by atoms with Crippen LogP contribution in [0.4, 0.5) is 5.69 Å². The normalized spacial score (nSPS) is 13.8. The first-order valence-electron chi connectivity index (χ1n) is 5.32. The molecule has 0 spiro atoms. The molecule has 0 saturated carbocycles. The lowest BCUT2D eigenvalue weighted by molar-refractivity contribution is -0.386. The number of nitro benzene ring substituents is 1. The zero-order chi connectivity index (χ0) is 13.9. The van der Waals surface area contributed by atoms with Gasteiger partial charge in [-0.25, -0.2) is 0 Å². The zero-order valence-electron chi connectivity index (χ0n) is 10.1. The molecule has 0 fully saturated rings. The van der Waals surface area contributed by atoms with Gasteiger partial charge in [-0.2, -0.15) is 0 Å². The van der Waals surface area contributed by atoms with Gasteiger partial charge in [0.1, 0.15) is 6.10 Å². The molecule has 0 saturated heterocycles. The van der Waals surface area contributed by atoms with Gasteiger partial charge in [0.2, 0.25) is 5.75 Å². The minimum absolute atomic E-state index is 0.0746. The molecule has 18 heavy (non-hydrogen) atoms. The summed E-state index contributed by atoms with van der Waals surface area (Å²) in [4.78, 5) is 10.5. The van der Waals surface area contributed by atoms with Crippen LogP contribution in [0.2, 0.25) is 0 Å². The Morgan fingerprint density at radius 3 is 2.61 bits per heavy atom. The van der Waals surface area contributed by atoms with Gasteiger partial charge in [-0.05, 0) is 19.9 Å². The van der Waals surface area contributed by atoms with Crippen molar-refractivity contribution in [1.29, 1.82) is 0 Å². The van der Waals surface area contributed by atoms with Crippen LogP contribution in [-0.4, -0.2) is 16.1 Å². The lowest BCUT2D eigenvalue weighted by Gasteiger charge is -2.16. The highest BCUT2D eigenvalue weighted by atomic mass is 79.9. The van der Waals surface area contributed by atoms with Crippen LogP contribution >= 0.6 is 15.9 Å². The summed E-state index contributed by atoms with van der Waals surface area (Å²) in [7, 11) is 0. The molecule has 6 heteroatoms. The number of benzene rings is 1. The van der Waals surface area contributed by atoms with Crippen LogP contribution in [0, 0.1) is 10.1 Å². The van der Waals surface area contributed by atoms with Crippen LogP contribution in [-0.2, 0) is 0 Å². The molecular weight excluding hydrogens is 302 g/mol. The Balaban J connectivity index is 3.40. The predicted octanol–water partition coefficient (Wildman–Crippen LogP) is 3.36. The summed E-state index contributed by atoms with van der Waals surface area (Å²) in [6.07, 6.45) is 0.271. The largest absolute Gasteiger partial charge is 0.479 e. The average molecular weight is 316 g/mol. The van der Waals surface area contributed by atoms with Gasteiger partial charge in [0.25, 0.3) is 0 Å². The first-order valence-corrected chi connectivity index (χ1v) is 6.11. The van der Waals surface area contributed by atoms with Gasteiger partial charge in [-0.3, -0.25) is 10.1 Å². The van der Waals surface area contributed by atoms with Gasteiger partial charge in [0.05, 0.1) is 11.0 Å². The number of halogens is 1. The number of nitrogens with zero attached hydrogens (tertiary/aromatic N) is 1. The van der Waals surface area contributed by atoms with Crippen LogP contribution in [0.5, 0.6) is 5.75 Å². The van der Waals surface area contributed by atoms with Gasteiger partial charge >= 0.3 is 5.69 Å². The molecule has 0 aromatic heterocycles. The van der Waals surface area contributed by atoms with Crippen molar-refractivity contribution in [3.63, 3.8) is 0 Å². The molecule has 1 aromatic rings. The van der Waals surface area contributed by atoms with Gasteiger partial charge in [0.15, 0.2) is 0 Å². The quantitative estimate of drug-likeness (QED) is 0.513. The molecule has 1 unspecified atom stereocenters. The fourth-order valence-electron chi connectivity index (χ4n) is 1.41. The van der Waals surface area contributed by atoms with Crippen molar-refractivity contribution < 1.29 is 14.8 Å². The van der Waals surface area contributed by atoms with E-state index in [-0.39, 0.29) is 17.5 Å². The van der Waals surface area contributed by atoms with Crippen LogP contribution in [0.15, 0.2) is 29.3 Å². The third kappa shape index (κ3) is 3.30. The first-order chi connectivity index (χ1) is 8.36. The topological polar surface area (TPSA) is 72.6 Å². The van der Waals surface area contributed by atoms with E-state index >= 15 is 0 Å². The summed E-state index contributed by atoms with van der Waals surface area (Å²) in [5.41, 5.74) is 0.179. The van der Waals surface area contributed by atoms with E-state index in [1.54, 1.807) is 13.0 Å². The van der Waals surface area contributed by atoms with Gasteiger partial charge in [-0.1, -0.05) is 28.6 Å². The van der Waals surface area contributed by atoms with Crippen molar-refractivity contribution >= 4 is 21.6 Å². The first kappa shape index (κ1) is 14.7. The maximum absolute atomic E-state index is 11.0. The molecule has 0 amide bonds. The average Bonchev–Trinajstić information content (AvgIpc) is 2.29. The summed E-state index contributed by atoms with van der Waals surface area (Å²) in [5, 5.41) is 20.7. The lowest BCUT2D eigenvalue weighted by Crippen LogP contribution is -2.12. The minimum atomic E-state index is -0.867. The number of aliphatic hydroxyl groups excluding tert-OH is 1. The minimum Gasteiger partial charge on any atom is -0.479 e. The van der Waals surface area contributed by atoms with E-state index in [1.165, 1.54) is 19.1 Å². The summed E-state index contributed by atoms with van der Waals surface area (Å²) in [5.74, 6) is 0.0746. The Labute approximate surface area is 113 Å². The molecule has 0 aliphatic carbocycles. The Morgan fingerprint density at radius 2 is 2.17 bits per heavy atom. The standard InChI is InChI=1S/C12H14BrNO4/c1-4-7(2)18-12-10(8(3)15)5-9(13)6-11(12)14(16)17/h4-8,15H,1H2,2-3H3/t7?,8-/m1/s1. The lowest BCUT2D eigenvalue weighted by atomic mass is 10.1. The van der Waals surface area contributed by atoms with Crippen molar-refractivity contribution in [2.24, 2.45) is 0 Å². The van der Waals surface area contributed by atoms with Crippen LogP contribution in [0.3, 0.4) is 0 Å². The van der Waals surface area contributed by atoms with E-state index < -0.39 is 11.0 Å². The van der Waals surface area contributed by atoms with Crippen molar-refractivity contribution in [2.45, 2.75) is 26.1 Å². The fraction of sp³-hybridized carbons (Fsp3) is 0.333. The van der Waals surface area contributed by atoms with Crippen LogP contribution in [0.1, 0.15) is 25.5 Å². The molecule has 1 rings (SSSR count). The second-order valence-corrected chi connectivity index (χ2v) is 4.75. The Bertz CT molecular complexity index is 473. The van der Waals surface area contributed by atoms with E-state index in [4.69, 9.17) is 4.74 Å². The molecule has 0 radical (unpaired) electrons. The van der Waals surface area contributed by atoms with Crippen molar-refractivity contribution in [3.05, 3.63) is 44.9 Å². The third-order valence-electron chi connectivity index (χ3n) is 2.35. The van der Waals surface area contributed by atoms with Gasteiger partial charge < -0.3 is 9.84 Å². The third-order valence-corrected chi connectivity index (χ3v) is 2.80. The fourth-order valence-corrected chi connectivity index (χ4v) is 1.87. The van der Waals surface area contributed by atoms with Gasteiger partial charge in [-0.15, -0.1) is 0 Å². The number of ether oxygens (including phenoxy) is 1. The zero-order valence-corrected chi connectivity index (χ0v) is 11.7. The van der Waals surface area contributed by atoms with E-state index in [0.717, 1.165) is 0 Å².